The molecule has 4 heteroatoms. The van der Waals surface area contributed by atoms with E-state index in [1.54, 1.807) is 13.0 Å². The highest BCUT2D eigenvalue weighted by atomic mass is 32.2. The largest absolute Gasteiger partial charge is 0.384 e. The molecule has 0 bridgehead atoms. The van der Waals surface area contributed by atoms with Gasteiger partial charge >= 0.3 is 0 Å². The van der Waals surface area contributed by atoms with Crippen molar-refractivity contribution in [3.05, 3.63) is 29.3 Å². The van der Waals surface area contributed by atoms with E-state index in [0.29, 0.717) is 5.75 Å². The molecule has 0 N–H and O–H groups in total. The van der Waals surface area contributed by atoms with Crippen LogP contribution in [0.5, 0.6) is 5.75 Å². The van der Waals surface area contributed by atoms with Crippen LogP contribution < -0.4 is 4.18 Å². The van der Waals surface area contributed by atoms with E-state index in [1.165, 1.54) is 0 Å². The summed E-state index contributed by atoms with van der Waals surface area (Å²) in [7, 11) is -2.81. The molecule has 0 atom stereocenters. The average Bonchev–Trinajstić information content (AvgIpc) is 1.96. The van der Waals surface area contributed by atoms with Gasteiger partial charge in [0.1, 0.15) is 5.75 Å². The van der Waals surface area contributed by atoms with Crippen LogP contribution in [0, 0.1) is 13.8 Å². The summed E-state index contributed by atoms with van der Waals surface area (Å²) in [5.41, 5.74) is 1.80. The molecule has 0 aliphatic rings. The maximum Gasteiger partial charge on any atom is 0.299 e. The summed E-state index contributed by atoms with van der Waals surface area (Å²) in [5.74, 6) is 0.408. The van der Waals surface area contributed by atoms with Crippen LogP contribution in [-0.2, 0) is 11.0 Å². The Morgan fingerprint density at radius 3 is 2.50 bits per heavy atom. The van der Waals surface area contributed by atoms with Crippen LogP contribution in [0.4, 0.5) is 0 Å². The molecule has 0 unspecified atom stereocenters. The molecule has 1 rings (SSSR count). The second-order valence-electron chi connectivity index (χ2n) is 2.58. The molecular formula is C8H10O3S. The number of aryl methyl sites for hydroxylation is 2. The van der Waals surface area contributed by atoms with E-state index in [2.05, 4.69) is 4.18 Å². The van der Waals surface area contributed by atoms with Gasteiger partial charge in [-0.25, -0.2) is 0 Å². The minimum Gasteiger partial charge on any atom is -0.384 e. The van der Waals surface area contributed by atoms with Crippen LogP contribution in [0.25, 0.3) is 0 Å². The summed E-state index contributed by atoms with van der Waals surface area (Å²) in [6.07, 6.45) is 0. The highest BCUT2D eigenvalue weighted by molar-refractivity contribution is 7.67. The van der Waals surface area contributed by atoms with Crippen molar-refractivity contribution in [3.8, 4) is 5.75 Å². The Morgan fingerprint density at radius 2 is 1.92 bits per heavy atom. The van der Waals surface area contributed by atoms with Crippen molar-refractivity contribution in [1.82, 2.24) is 0 Å². The molecule has 0 amide bonds. The molecule has 0 radical (unpaired) electrons. The van der Waals surface area contributed by atoms with Gasteiger partial charge in [0.15, 0.2) is 0 Å². The van der Waals surface area contributed by atoms with Gasteiger partial charge in [0.2, 0.25) is 0 Å². The summed E-state index contributed by atoms with van der Waals surface area (Å²) in [6, 6.07) is 5.42. The monoisotopic (exact) mass is 186 g/mol. The number of rotatable bonds is 2. The van der Waals surface area contributed by atoms with Gasteiger partial charge in [0.25, 0.3) is 11.0 Å². The standard InChI is InChI=1S/C8H10O3S/c1-6-3-4-7(2)8(5-6)11-12(9)10/h3-5,12H,1-2H3. The Hall–Kier alpha value is -1.03. The van der Waals surface area contributed by atoms with Gasteiger partial charge in [-0.2, -0.15) is 8.42 Å². The molecule has 12 heavy (non-hydrogen) atoms. The van der Waals surface area contributed by atoms with Gasteiger partial charge in [-0.05, 0) is 31.0 Å². The summed E-state index contributed by atoms with van der Waals surface area (Å²) in [5, 5.41) is 0. The lowest BCUT2D eigenvalue weighted by molar-refractivity contribution is 0.508. The molecule has 0 saturated heterocycles. The van der Waals surface area contributed by atoms with Crippen molar-refractivity contribution in [1.29, 1.82) is 0 Å². The zero-order valence-electron chi connectivity index (χ0n) is 6.90. The maximum absolute atomic E-state index is 10.2. The van der Waals surface area contributed by atoms with E-state index in [1.807, 2.05) is 19.1 Å². The Balaban J connectivity index is 3.05. The van der Waals surface area contributed by atoms with Gasteiger partial charge in [-0.15, -0.1) is 0 Å². The van der Waals surface area contributed by atoms with Crippen molar-refractivity contribution in [2.45, 2.75) is 13.8 Å². The van der Waals surface area contributed by atoms with Gasteiger partial charge in [-0.1, -0.05) is 12.1 Å². The van der Waals surface area contributed by atoms with Crippen LogP contribution in [-0.4, -0.2) is 8.42 Å². The van der Waals surface area contributed by atoms with Crippen molar-refractivity contribution in [2.24, 2.45) is 0 Å². The molecule has 0 aromatic heterocycles. The van der Waals surface area contributed by atoms with Crippen LogP contribution in [0.2, 0.25) is 0 Å². The minimum atomic E-state index is -2.81. The van der Waals surface area contributed by atoms with Crippen LogP contribution in [0.15, 0.2) is 18.2 Å². The highest BCUT2D eigenvalue weighted by Gasteiger charge is 1.99. The third kappa shape index (κ3) is 2.23. The van der Waals surface area contributed by atoms with Gasteiger partial charge in [0.05, 0.1) is 0 Å². The number of benzene rings is 1. The Labute approximate surface area is 73.1 Å². The number of thiol groups is 1. The van der Waals surface area contributed by atoms with E-state index in [9.17, 15) is 8.42 Å². The second kappa shape index (κ2) is 3.58. The summed E-state index contributed by atoms with van der Waals surface area (Å²) >= 11 is 0. The van der Waals surface area contributed by atoms with Crippen molar-refractivity contribution < 1.29 is 12.6 Å². The van der Waals surface area contributed by atoms with Gasteiger partial charge in [0, 0.05) is 0 Å². The Bertz CT molecular complexity index is 347. The SMILES string of the molecule is Cc1ccc(C)c(O[SH](=O)=O)c1. The summed E-state index contributed by atoms with van der Waals surface area (Å²) in [6.45, 7) is 3.68. The van der Waals surface area contributed by atoms with Crippen LogP contribution in [0.1, 0.15) is 11.1 Å². The van der Waals surface area contributed by atoms with Crippen LogP contribution in [0.3, 0.4) is 0 Å². The first-order valence-corrected chi connectivity index (χ1v) is 4.59. The zero-order valence-corrected chi connectivity index (χ0v) is 7.80. The number of hydrogen-bond acceptors (Lipinski definition) is 3. The normalized spacial score (nSPS) is 10.2. The van der Waals surface area contributed by atoms with Crippen molar-refractivity contribution in [2.75, 3.05) is 0 Å². The second-order valence-corrected chi connectivity index (χ2v) is 3.21. The lowest BCUT2D eigenvalue weighted by Crippen LogP contribution is -1.92. The fraction of sp³-hybridized carbons (Fsp3) is 0.250. The molecule has 0 aliphatic heterocycles. The average molecular weight is 186 g/mol. The molecule has 66 valence electrons. The fourth-order valence-corrected chi connectivity index (χ4v) is 1.24. The van der Waals surface area contributed by atoms with Crippen LogP contribution >= 0.6 is 0 Å². The summed E-state index contributed by atoms with van der Waals surface area (Å²) in [4.78, 5) is 0. The predicted octanol–water partition coefficient (Wildman–Crippen LogP) is 1.21. The van der Waals surface area contributed by atoms with Gasteiger partial charge < -0.3 is 4.18 Å². The molecule has 1 aromatic carbocycles. The molecule has 1 aromatic rings. The topological polar surface area (TPSA) is 43.4 Å². The Kier molecular flexibility index (Phi) is 2.70. The molecule has 3 nitrogen and oxygen atoms in total. The van der Waals surface area contributed by atoms with Crippen molar-refractivity contribution in [3.63, 3.8) is 0 Å². The highest BCUT2D eigenvalue weighted by Crippen LogP contribution is 2.18. The quantitative estimate of drug-likeness (QED) is 0.706. The predicted molar refractivity (Wildman–Crippen MR) is 46.9 cm³/mol. The smallest absolute Gasteiger partial charge is 0.299 e. The third-order valence-corrected chi connectivity index (χ3v) is 1.86. The van der Waals surface area contributed by atoms with E-state index < -0.39 is 11.0 Å². The third-order valence-electron chi connectivity index (χ3n) is 1.52. The van der Waals surface area contributed by atoms with E-state index in [0.717, 1.165) is 11.1 Å². The maximum atomic E-state index is 10.2. The molecule has 0 aliphatic carbocycles. The first kappa shape index (κ1) is 9.06. The minimum absolute atomic E-state index is 0.408. The summed E-state index contributed by atoms with van der Waals surface area (Å²) < 4.78 is 25.1. The zero-order chi connectivity index (χ0) is 9.14. The molecule has 0 spiro atoms. The fourth-order valence-electron chi connectivity index (χ4n) is 0.886. The number of hydrogen-bond donors (Lipinski definition) is 1. The van der Waals surface area contributed by atoms with E-state index >= 15 is 0 Å². The Morgan fingerprint density at radius 1 is 1.25 bits per heavy atom. The first-order valence-electron chi connectivity index (χ1n) is 3.49. The molecule has 0 heterocycles. The molecular weight excluding hydrogens is 176 g/mol. The molecule has 0 saturated carbocycles. The van der Waals surface area contributed by atoms with Gasteiger partial charge in [-0.3, -0.25) is 0 Å². The van der Waals surface area contributed by atoms with Crippen molar-refractivity contribution >= 4 is 11.0 Å². The molecule has 0 fully saturated rings. The lowest BCUT2D eigenvalue weighted by atomic mass is 10.1. The van der Waals surface area contributed by atoms with E-state index in [4.69, 9.17) is 0 Å². The van der Waals surface area contributed by atoms with E-state index in [-0.39, 0.29) is 0 Å². The lowest BCUT2D eigenvalue weighted by Gasteiger charge is -2.02. The first-order chi connectivity index (χ1) is 5.59.